The molecular weight excluding hydrogens is 370 g/mol. The summed E-state index contributed by atoms with van der Waals surface area (Å²) < 4.78 is 34.2. The van der Waals surface area contributed by atoms with Gasteiger partial charge < -0.3 is 4.42 Å². The lowest BCUT2D eigenvalue weighted by molar-refractivity contribution is 0.601. The van der Waals surface area contributed by atoms with Crippen molar-refractivity contribution in [1.29, 1.82) is 0 Å². The highest BCUT2D eigenvalue weighted by molar-refractivity contribution is 7.92. The molecule has 0 aliphatic heterocycles. The summed E-state index contributed by atoms with van der Waals surface area (Å²) in [6, 6.07) is 20.6. The Hall–Kier alpha value is -3.05. The zero-order valence-corrected chi connectivity index (χ0v) is 16.2. The summed E-state index contributed by atoms with van der Waals surface area (Å²) >= 11 is 0. The highest BCUT2D eigenvalue weighted by Gasteiger charge is 2.23. The van der Waals surface area contributed by atoms with Crippen molar-refractivity contribution < 1.29 is 12.8 Å². The van der Waals surface area contributed by atoms with E-state index in [4.69, 9.17) is 4.42 Å². The molecule has 5 heteroatoms. The monoisotopic (exact) mass is 389 g/mol. The Balaban J connectivity index is 1.55. The molecule has 0 radical (unpaired) electrons. The molecule has 1 aliphatic carbocycles. The molecule has 0 saturated carbocycles. The van der Waals surface area contributed by atoms with Gasteiger partial charge in [0.2, 0.25) is 0 Å². The Morgan fingerprint density at radius 1 is 0.929 bits per heavy atom. The molecule has 5 rings (SSSR count). The van der Waals surface area contributed by atoms with Gasteiger partial charge in [-0.05, 0) is 55.7 Å². The van der Waals surface area contributed by atoms with E-state index in [1.165, 1.54) is 5.56 Å². The van der Waals surface area contributed by atoms with Crippen molar-refractivity contribution >= 4 is 26.7 Å². The molecule has 0 spiro atoms. The van der Waals surface area contributed by atoms with Crippen LogP contribution in [-0.2, 0) is 22.9 Å². The quantitative estimate of drug-likeness (QED) is 0.517. The predicted octanol–water partition coefficient (Wildman–Crippen LogP) is 5.31. The number of hydrogen-bond donors (Lipinski definition) is 1. The van der Waals surface area contributed by atoms with Crippen LogP contribution in [0.3, 0.4) is 0 Å². The number of rotatable bonds is 3. The summed E-state index contributed by atoms with van der Waals surface area (Å²) in [6.07, 6.45) is 1.84. The molecule has 0 fully saturated rings. The number of anilines is 1. The van der Waals surface area contributed by atoms with Gasteiger partial charge in [-0.1, -0.05) is 42.0 Å². The van der Waals surface area contributed by atoms with E-state index in [9.17, 15) is 8.42 Å². The van der Waals surface area contributed by atoms with E-state index in [2.05, 4.69) is 16.9 Å². The van der Waals surface area contributed by atoms with E-state index in [0.29, 0.717) is 5.69 Å². The fraction of sp³-hybridized carbons (Fsp3) is 0.130. The van der Waals surface area contributed by atoms with Gasteiger partial charge in [0.05, 0.1) is 4.90 Å². The van der Waals surface area contributed by atoms with Crippen LogP contribution < -0.4 is 4.72 Å². The summed E-state index contributed by atoms with van der Waals surface area (Å²) in [5.74, 6) is 0.899. The molecular formula is C23H19NO3S. The molecule has 28 heavy (non-hydrogen) atoms. The van der Waals surface area contributed by atoms with Gasteiger partial charge in [-0.15, -0.1) is 0 Å². The van der Waals surface area contributed by atoms with Crippen molar-refractivity contribution in [2.45, 2.75) is 24.7 Å². The Morgan fingerprint density at radius 2 is 1.71 bits per heavy atom. The molecule has 0 unspecified atom stereocenters. The van der Waals surface area contributed by atoms with Crippen LogP contribution in [0.1, 0.15) is 16.7 Å². The first-order chi connectivity index (χ1) is 13.5. The molecule has 1 heterocycles. The third kappa shape index (κ3) is 2.79. The van der Waals surface area contributed by atoms with Crippen molar-refractivity contribution in [2.75, 3.05) is 4.72 Å². The number of hydrogen-bond acceptors (Lipinski definition) is 3. The fourth-order valence-electron chi connectivity index (χ4n) is 3.83. The van der Waals surface area contributed by atoms with Crippen LogP contribution in [0.5, 0.6) is 0 Å². The van der Waals surface area contributed by atoms with Gasteiger partial charge in [0.1, 0.15) is 11.3 Å². The molecule has 1 aromatic heterocycles. The van der Waals surface area contributed by atoms with E-state index in [1.807, 2.05) is 31.2 Å². The maximum Gasteiger partial charge on any atom is 0.261 e. The summed E-state index contributed by atoms with van der Waals surface area (Å²) in [7, 11) is -3.63. The second kappa shape index (κ2) is 6.24. The van der Waals surface area contributed by atoms with Crippen molar-refractivity contribution in [3.63, 3.8) is 0 Å². The first kappa shape index (κ1) is 17.1. The summed E-state index contributed by atoms with van der Waals surface area (Å²) in [5, 5.41) is 0.966. The maximum atomic E-state index is 12.7. The molecule has 0 amide bonds. The second-order valence-corrected chi connectivity index (χ2v) is 8.88. The van der Waals surface area contributed by atoms with Gasteiger partial charge in [-0.2, -0.15) is 0 Å². The van der Waals surface area contributed by atoms with Crippen molar-refractivity contribution in [1.82, 2.24) is 0 Å². The Bertz CT molecular complexity index is 1300. The third-order valence-corrected chi connectivity index (χ3v) is 6.68. The largest absolute Gasteiger partial charge is 0.456 e. The normalized spacial score (nSPS) is 13.2. The SMILES string of the molecule is Cc1ccc(S(=O)(=O)Nc2ccc3oc4c(c3c2)CCc2ccccc2-4)cc1. The Labute approximate surface area is 163 Å². The van der Waals surface area contributed by atoms with Crippen molar-refractivity contribution in [3.05, 3.63) is 83.4 Å². The molecule has 1 N–H and O–H groups in total. The van der Waals surface area contributed by atoms with E-state index < -0.39 is 10.0 Å². The average molecular weight is 389 g/mol. The number of fused-ring (bicyclic) bond motifs is 5. The van der Waals surface area contributed by atoms with Crippen LogP contribution in [0.15, 0.2) is 76.0 Å². The third-order valence-electron chi connectivity index (χ3n) is 5.28. The number of nitrogens with one attached hydrogen (secondary N) is 1. The van der Waals surface area contributed by atoms with E-state index in [-0.39, 0.29) is 4.90 Å². The van der Waals surface area contributed by atoms with Crippen LogP contribution in [0.4, 0.5) is 5.69 Å². The van der Waals surface area contributed by atoms with Gasteiger partial charge in [0.15, 0.2) is 0 Å². The Kier molecular flexibility index (Phi) is 3.81. The highest BCUT2D eigenvalue weighted by Crippen LogP contribution is 2.40. The van der Waals surface area contributed by atoms with Crippen LogP contribution in [0, 0.1) is 6.92 Å². The molecule has 4 nitrogen and oxygen atoms in total. The average Bonchev–Trinajstić information content (AvgIpc) is 3.06. The van der Waals surface area contributed by atoms with Crippen molar-refractivity contribution in [2.24, 2.45) is 0 Å². The molecule has 0 atom stereocenters. The smallest absolute Gasteiger partial charge is 0.261 e. The number of furan rings is 1. The number of benzene rings is 3. The van der Waals surface area contributed by atoms with E-state index in [0.717, 1.165) is 46.3 Å². The van der Waals surface area contributed by atoms with E-state index >= 15 is 0 Å². The van der Waals surface area contributed by atoms with Gasteiger partial charge in [-0.3, -0.25) is 4.72 Å². The zero-order chi connectivity index (χ0) is 19.3. The lowest BCUT2D eigenvalue weighted by Crippen LogP contribution is -2.12. The minimum Gasteiger partial charge on any atom is -0.456 e. The zero-order valence-electron chi connectivity index (χ0n) is 15.4. The van der Waals surface area contributed by atoms with Gasteiger partial charge in [0, 0.05) is 22.2 Å². The standard InChI is InChI=1S/C23H19NO3S/c1-15-6-10-18(11-7-15)28(25,26)24-17-9-13-22-21(14-17)20-12-8-16-4-2-3-5-19(16)23(20)27-22/h2-7,9-11,13-14,24H,8,12H2,1H3. The van der Waals surface area contributed by atoms with Crippen LogP contribution >= 0.6 is 0 Å². The molecule has 0 saturated heterocycles. The molecule has 0 bridgehead atoms. The lowest BCUT2D eigenvalue weighted by atomic mass is 9.89. The van der Waals surface area contributed by atoms with E-state index in [1.54, 1.807) is 30.3 Å². The maximum absolute atomic E-state index is 12.7. The first-order valence-electron chi connectivity index (χ1n) is 9.24. The lowest BCUT2D eigenvalue weighted by Gasteiger charge is -2.14. The summed E-state index contributed by atoms with van der Waals surface area (Å²) in [6.45, 7) is 1.93. The molecule has 1 aliphatic rings. The van der Waals surface area contributed by atoms with Gasteiger partial charge >= 0.3 is 0 Å². The molecule has 140 valence electrons. The van der Waals surface area contributed by atoms with Gasteiger partial charge in [0.25, 0.3) is 10.0 Å². The predicted molar refractivity (Wildman–Crippen MR) is 111 cm³/mol. The number of sulfonamides is 1. The van der Waals surface area contributed by atoms with Crippen LogP contribution in [0.2, 0.25) is 0 Å². The van der Waals surface area contributed by atoms with Crippen LogP contribution in [0.25, 0.3) is 22.3 Å². The minimum atomic E-state index is -3.63. The fourth-order valence-corrected chi connectivity index (χ4v) is 4.88. The van der Waals surface area contributed by atoms with Crippen molar-refractivity contribution in [3.8, 4) is 11.3 Å². The topological polar surface area (TPSA) is 59.3 Å². The van der Waals surface area contributed by atoms with Crippen LogP contribution in [-0.4, -0.2) is 8.42 Å². The summed E-state index contributed by atoms with van der Waals surface area (Å²) in [5.41, 5.74) is 5.89. The molecule has 3 aromatic carbocycles. The first-order valence-corrected chi connectivity index (χ1v) is 10.7. The number of aryl methyl sites for hydroxylation is 3. The Morgan fingerprint density at radius 3 is 2.54 bits per heavy atom. The summed E-state index contributed by atoms with van der Waals surface area (Å²) in [4.78, 5) is 0.251. The molecule has 4 aromatic rings. The second-order valence-electron chi connectivity index (χ2n) is 7.20. The highest BCUT2D eigenvalue weighted by atomic mass is 32.2. The minimum absolute atomic E-state index is 0.251. The van der Waals surface area contributed by atoms with Gasteiger partial charge in [-0.25, -0.2) is 8.42 Å².